The second kappa shape index (κ2) is 5.09. The Kier molecular flexibility index (Phi) is 4.25. The summed E-state index contributed by atoms with van der Waals surface area (Å²) in [4.78, 5) is 2.27. The summed E-state index contributed by atoms with van der Waals surface area (Å²) < 4.78 is 1.92. The number of hydrogen-bond donors (Lipinski definition) is 0. The average molecular weight is 244 g/mol. The van der Waals surface area contributed by atoms with Gasteiger partial charge in [-0.15, -0.1) is 11.6 Å². The van der Waals surface area contributed by atoms with Gasteiger partial charge in [0.05, 0.1) is 11.6 Å². The Hall–Kier alpha value is -0.700. The van der Waals surface area contributed by atoms with Gasteiger partial charge in [-0.1, -0.05) is 13.8 Å². The van der Waals surface area contributed by atoms with Crippen LogP contribution in [0.1, 0.15) is 32.0 Å². The first-order valence-electron chi connectivity index (χ1n) is 5.71. The van der Waals surface area contributed by atoms with Gasteiger partial charge in [0.2, 0.25) is 0 Å². The summed E-state index contributed by atoms with van der Waals surface area (Å²) in [5.41, 5.74) is 2.16. The molecule has 0 aliphatic rings. The topological polar surface area (TPSA) is 21.1 Å². The molecule has 0 aliphatic carbocycles. The molecule has 0 aromatic carbocycles. The maximum Gasteiger partial charge on any atom is 0.131 e. The van der Waals surface area contributed by atoms with Crippen LogP contribution in [-0.4, -0.2) is 22.9 Å². The molecule has 3 nitrogen and oxygen atoms in total. The molecule has 1 atom stereocenters. The largest absolute Gasteiger partial charge is 0.357 e. The lowest BCUT2D eigenvalue weighted by Crippen LogP contribution is -2.35. The molecule has 0 amide bonds. The lowest BCUT2D eigenvalue weighted by Gasteiger charge is -2.30. The predicted molar refractivity (Wildman–Crippen MR) is 70.2 cm³/mol. The van der Waals surface area contributed by atoms with Gasteiger partial charge in [0.15, 0.2) is 0 Å². The molecule has 1 rings (SSSR count). The fourth-order valence-electron chi connectivity index (χ4n) is 1.93. The van der Waals surface area contributed by atoms with E-state index in [-0.39, 0.29) is 0 Å². The van der Waals surface area contributed by atoms with Gasteiger partial charge < -0.3 is 4.90 Å². The van der Waals surface area contributed by atoms with Gasteiger partial charge in [-0.05, 0) is 19.8 Å². The normalized spacial score (nSPS) is 13.2. The molecule has 0 saturated heterocycles. The van der Waals surface area contributed by atoms with Crippen molar-refractivity contribution in [3.05, 3.63) is 11.3 Å². The van der Waals surface area contributed by atoms with Crippen LogP contribution in [0, 0.1) is 12.8 Å². The summed E-state index contributed by atoms with van der Waals surface area (Å²) in [6.45, 7) is 8.69. The van der Waals surface area contributed by atoms with Gasteiger partial charge in [-0.25, -0.2) is 0 Å². The molecule has 16 heavy (non-hydrogen) atoms. The smallest absolute Gasteiger partial charge is 0.131 e. The van der Waals surface area contributed by atoms with Crippen molar-refractivity contribution in [1.29, 1.82) is 0 Å². The number of alkyl halides is 1. The van der Waals surface area contributed by atoms with Crippen LogP contribution in [0.5, 0.6) is 0 Å². The van der Waals surface area contributed by atoms with Gasteiger partial charge in [0.1, 0.15) is 5.82 Å². The van der Waals surface area contributed by atoms with Crippen LogP contribution in [0.25, 0.3) is 0 Å². The summed E-state index contributed by atoms with van der Waals surface area (Å²) in [6.07, 6.45) is 0. The van der Waals surface area contributed by atoms with Crippen molar-refractivity contribution in [2.45, 2.75) is 39.6 Å². The van der Waals surface area contributed by atoms with Gasteiger partial charge in [-0.3, -0.25) is 4.68 Å². The predicted octanol–water partition coefficient (Wildman–Crippen LogP) is 2.95. The number of rotatable bonds is 4. The third-order valence-corrected chi connectivity index (χ3v) is 3.62. The van der Waals surface area contributed by atoms with Crippen molar-refractivity contribution in [2.24, 2.45) is 13.0 Å². The van der Waals surface area contributed by atoms with E-state index in [4.69, 9.17) is 11.6 Å². The molecule has 0 saturated carbocycles. The van der Waals surface area contributed by atoms with E-state index in [1.165, 1.54) is 0 Å². The Morgan fingerprint density at radius 1 is 1.38 bits per heavy atom. The Labute approximate surface area is 103 Å². The molecule has 0 bridgehead atoms. The van der Waals surface area contributed by atoms with Crippen molar-refractivity contribution in [1.82, 2.24) is 9.78 Å². The molecule has 1 aromatic heterocycles. The van der Waals surface area contributed by atoms with Gasteiger partial charge in [0.25, 0.3) is 0 Å². The van der Waals surface area contributed by atoms with Crippen molar-refractivity contribution in [3.63, 3.8) is 0 Å². The minimum absolute atomic E-state index is 0.469. The van der Waals surface area contributed by atoms with Gasteiger partial charge in [0, 0.05) is 25.7 Å². The molecule has 1 aromatic rings. The highest BCUT2D eigenvalue weighted by atomic mass is 35.5. The number of halogens is 1. The van der Waals surface area contributed by atoms with Crippen LogP contribution in [0.3, 0.4) is 0 Å². The van der Waals surface area contributed by atoms with Gasteiger partial charge in [-0.2, -0.15) is 5.10 Å². The zero-order valence-corrected chi connectivity index (χ0v) is 11.8. The van der Waals surface area contributed by atoms with Crippen LogP contribution >= 0.6 is 11.6 Å². The summed E-state index contributed by atoms with van der Waals surface area (Å²) >= 11 is 6.00. The fraction of sp³-hybridized carbons (Fsp3) is 0.750. The lowest BCUT2D eigenvalue weighted by atomic mass is 10.0. The number of aromatic nitrogens is 2. The van der Waals surface area contributed by atoms with Crippen LogP contribution in [0.15, 0.2) is 0 Å². The minimum atomic E-state index is 0.469. The van der Waals surface area contributed by atoms with E-state index in [1.807, 2.05) is 18.7 Å². The summed E-state index contributed by atoms with van der Waals surface area (Å²) in [6, 6.07) is 0.469. The van der Waals surface area contributed by atoms with Gasteiger partial charge >= 0.3 is 0 Å². The second-order valence-corrected chi connectivity index (χ2v) is 5.01. The SMILES string of the molecule is Cc1nn(C)c(N(C)C(C)C(C)C)c1CCl. The molecule has 0 N–H and O–H groups in total. The summed E-state index contributed by atoms with van der Waals surface area (Å²) in [5.74, 6) is 2.25. The standard InChI is InChI=1S/C12H22ClN3/c1-8(2)10(4)15(5)12-11(7-13)9(3)14-16(12)6/h8,10H,7H2,1-6H3. The fourth-order valence-corrected chi connectivity index (χ4v) is 2.24. The highest BCUT2D eigenvalue weighted by molar-refractivity contribution is 6.17. The van der Waals surface area contributed by atoms with E-state index >= 15 is 0 Å². The molecule has 1 heterocycles. The van der Waals surface area contributed by atoms with E-state index in [0.29, 0.717) is 17.8 Å². The number of hydrogen-bond acceptors (Lipinski definition) is 2. The average Bonchev–Trinajstić information content (AvgIpc) is 2.50. The van der Waals surface area contributed by atoms with Crippen molar-refractivity contribution >= 4 is 17.4 Å². The molecule has 4 heteroatoms. The molecule has 0 fully saturated rings. The third-order valence-electron chi connectivity index (χ3n) is 3.36. The molecule has 92 valence electrons. The lowest BCUT2D eigenvalue weighted by molar-refractivity contribution is 0.496. The number of aryl methyl sites for hydroxylation is 2. The van der Waals surface area contributed by atoms with Crippen LogP contribution < -0.4 is 4.90 Å². The number of nitrogens with zero attached hydrogens (tertiary/aromatic N) is 3. The van der Waals surface area contributed by atoms with E-state index in [2.05, 4.69) is 37.8 Å². The first kappa shape index (κ1) is 13.4. The maximum atomic E-state index is 6.00. The Morgan fingerprint density at radius 3 is 2.38 bits per heavy atom. The maximum absolute atomic E-state index is 6.00. The van der Waals surface area contributed by atoms with Crippen LogP contribution in [0.2, 0.25) is 0 Å². The Morgan fingerprint density at radius 2 is 1.94 bits per heavy atom. The Bertz CT molecular complexity index is 357. The van der Waals surface area contributed by atoms with E-state index in [0.717, 1.165) is 17.1 Å². The molecular weight excluding hydrogens is 222 g/mol. The molecule has 0 spiro atoms. The molecule has 0 radical (unpaired) electrons. The highest BCUT2D eigenvalue weighted by Gasteiger charge is 2.21. The second-order valence-electron chi connectivity index (χ2n) is 4.74. The van der Waals surface area contributed by atoms with Crippen molar-refractivity contribution < 1.29 is 0 Å². The van der Waals surface area contributed by atoms with E-state index in [9.17, 15) is 0 Å². The summed E-state index contributed by atoms with van der Waals surface area (Å²) in [5, 5.41) is 4.44. The summed E-state index contributed by atoms with van der Waals surface area (Å²) in [7, 11) is 4.08. The van der Waals surface area contributed by atoms with Crippen LogP contribution in [0.4, 0.5) is 5.82 Å². The van der Waals surface area contributed by atoms with E-state index in [1.54, 1.807) is 0 Å². The van der Waals surface area contributed by atoms with E-state index < -0.39 is 0 Å². The molecular formula is C12H22ClN3. The quantitative estimate of drug-likeness (QED) is 0.759. The zero-order valence-electron chi connectivity index (χ0n) is 11.1. The molecule has 0 aliphatic heterocycles. The minimum Gasteiger partial charge on any atom is -0.357 e. The van der Waals surface area contributed by atoms with Crippen molar-refractivity contribution in [3.8, 4) is 0 Å². The zero-order chi connectivity index (χ0) is 12.5. The monoisotopic (exact) mass is 243 g/mol. The highest BCUT2D eigenvalue weighted by Crippen LogP contribution is 2.26. The number of anilines is 1. The van der Waals surface area contributed by atoms with Crippen molar-refractivity contribution in [2.75, 3.05) is 11.9 Å². The Balaban J connectivity index is 3.12. The third kappa shape index (κ3) is 2.34. The molecule has 1 unspecified atom stereocenters. The van der Waals surface area contributed by atoms with Crippen LogP contribution in [-0.2, 0) is 12.9 Å². The first-order valence-corrected chi connectivity index (χ1v) is 6.24. The first-order chi connectivity index (χ1) is 7.40.